The Hall–Kier alpha value is -2.30. The maximum Gasteiger partial charge on any atom is 0.232 e. The van der Waals surface area contributed by atoms with Crippen molar-refractivity contribution in [3.8, 4) is 0 Å². The van der Waals surface area contributed by atoms with Gasteiger partial charge in [0.2, 0.25) is 11.6 Å². The van der Waals surface area contributed by atoms with E-state index in [4.69, 9.17) is 0 Å². The summed E-state index contributed by atoms with van der Waals surface area (Å²) in [5.41, 5.74) is 1.37. The van der Waals surface area contributed by atoms with Crippen LogP contribution in [0.3, 0.4) is 0 Å². The number of pyridine rings is 1. The molecule has 94 valence electrons. The Morgan fingerprint density at radius 1 is 1.11 bits per heavy atom. The lowest BCUT2D eigenvalue weighted by Crippen LogP contribution is -2.25. The molecule has 0 saturated carbocycles. The second-order valence-electron chi connectivity index (χ2n) is 4.89. The predicted octanol–water partition coefficient (Wildman–Crippen LogP) is 1.39. The van der Waals surface area contributed by atoms with Crippen LogP contribution in [-0.4, -0.2) is 26.1 Å². The van der Waals surface area contributed by atoms with Crippen LogP contribution in [0.5, 0.6) is 0 Å². The number of carbonyl (C=O) groups excluding carboxylic acids is 2. The molecule has 0 bridgehead atoms. The van der Waals surface area contributed by atoms with E-state index < -0.39 is 0 Å². The van der Waals surface area contributed by atoms with Crippen LogP contribution in [0, 0.1) is 0 Å². The molecule has 2 aliphatic rings. The van der Waals surface area contributed by atoms with Crippen molar-refractivity contribution >= 4 is 11.6 Å². The van der Waals surface area contributed by atoms with Crippen LogP contribution >= 0.6 is 0 Å². The number of ketones is 2. The van der Waals surface area contributed by atoms with Gasteiger partial charge in [0.05, 0.1) is 5.56 Å². The van der Waals surface area contributed by atoms with Gasteiger partial charge in [-0.2, -0.15) is 0 Å². The molecule has 19 heavy (non-hydrogen) atoms. The normalized spacial score (nSPS) is 16.8. The maximum atomic E-state index is 12.5. The topological polar surface area (TPSA) is 64.8 Å². The minimum Gasteiger partial charge on any atom is -0.325 e. The highest BCUT2D eigenvalue weighted by atomic mass is 16.1. The van der Waals surface area contributed by atoms with Crippen molar-refractivity contribution in [3.63, 3.8) is 0 Å². The highest BCUT2D eigenvalue weighted by molar-refractivity contribution is 6.26. The van der Waals surface area contributed by atoms with Crippen LogP contribution < -0.4 is 0 Å². The monoisotopic (exact) mass is 253 g/mol. The Kier molecular flexibility index (Phi) is 2.01. The van der Waals surface area contributed by atoms with Crippen LogP contribution in [0.2, 0.25) is 0 Å². The maximum absolute atomic E-state index is 12.5. The number of aromatic nitrogens is 3. The fourth-order valence-electron chi connectivity index (χ4n) is 2.88. The van der Waals surface area contributed by atoms with Gasteiger partial charge in [-0.25, -0.2) is 4.98 Å². The Labute approximate surface area is 109 Å². The summed E-state index contributed by atoms with van der Waals surface area (Å²) in [4.78, 5) is 33.3. The molecule has 0 atom stereocenters. The van der Waals surface area contributed by atoms with Crippen molar-refractivity contribution in [2.75, 3.05) is 0 Å². The summed E-state index contributed by atoms with van der Waals surface area (Å²) in [7, 11) is 0. The van der Waals surface area contributed by atoms with Crippen molar-refractivity contribution in [2.45, 2.75) is 25.8 Å². The highest BCUT2D eigenvalue weighted by Crippen LogP contribution is 2.28. The number of hydrogen-bond acceptors (Lipinski definition) is 4. The summed E-state index contributed by atoms with van der Waals surface area (Å²) in [6.45, 7) is 0.770. The standard InChI is InChI=1S/C14H11N3O2/c18-13-8-4-3-6-15-10(8)14(19)11-12(13)17-7-2-1-5-9(17)16-11/h3-4,6H,1-2,5,7H2. The first kappa shape index (κ1) is 10.6. The highest BCUT2D eigenvalue weighted by Gasteiger charge is 2.36. The molecule has 5 nitrogen and oxygen atoms in total. The van der Waals surface area contributed by atoms with Gasteiger partial charge >= 0.3 is 0 Å². The SMILES string of the molecule is O=C1c2ncccc2C(=O)c2c1nc1n2CCCC1. The number of rotatable bonds is 0. The second kappa shape index (κ2) is 3.60. The zero-order valence-electron chi connectivity index (χ0n) is 10.2. The van der Waals surface area contributed by atoms with E-state index in [1.807, 2.05) is 4.57 Å². The zero-order valence-corrected chi connectivity index (χ0v) is 10.2. The van der Waals surface area contributed by atoms with Gasteiger partial charge in [0, 0.05) is 19.2 Å². The zero-order chi connectivity index (χ0) is 13.0. The lowest BCUT2D eigenvalue weighted by atomic mass is 9.94. The van der Waals surface area contributed by atoms with Gasteiger partial charge < -0.3 is 4.57 Å². The van der Waals surface area contributed by atoms with Crippen LogP contribution in [0.25, 0.3) is 0 Å². The first-order valence-corrected chi connectivity index (χ1v) is 6.41. The average Bonchev–Trinajstić information content (AvgIpc) is 2.84. The number of nitrogens with zero attached hydrogens (tertiary/aromatic N) is 3. The van der Waals surface area contributed by atoms with Crippen molar-refractivity contribution in [1.82, 2.24) is 14.5 Å². The summed E-state index contributed by atoms with van der Waals surface area (Å²) in [6.07, 6.45) is 4.45. The average molecular weight is 253 g/mol. The first-order chi connectivity index (χ1) is 9.27. The number of carbonyl (C=O) groups is 2. The third kappa shape index (κ3) is 1.30. The molecule has 0 unspecified atom stereocenters. The molecular formula is C14H11N3O2. The number of imidazole rings is 1. The number of aryl methyl sites for hydroxylation is 1. The van der Waals surface area contributed by atoms with Crippen LogP contribution in [-0.2, 0) is 13.0 Å². The summed E-state index contributed by atoms with van der Waals surface area (Å²) in [6, 6.07) is 3.34. The van der Waals surface area contributed by atoms with Crippen molar-refractivity contribution < 1.29 is 9.59 Å². The van der Waals surface area contributed by atoms with Gasteiger partial charge in [-0.15, -0.1) is 0 Å². The van der Waals surface area contributed by atoms with Gasteiger partial charge in [-0.05, 0) is 25.0 Å². The van der Waals surface area contributed by atoms with Crippen LogP contribution in [0.4, 0.5) is 0 Å². The molecule has 0 aromatic carbocycles. The van der Waals surface area contributed by atoms with E-state index in [-0.39, 0.29) is 23.0 Å². The molecule has 0 amide bonds. The molecule has 2 aromatic heterocycles. The first-order valence-electron chi connectivity index (χ1n) is 6.41. The fourth-order valence-corrected chi connectivity index (χ4v) is 2.88. The smallest absolute Gasteiger partial charge is 0.232 e. The van der Waals surface area contributed by atoms with E-state index in [2.05, 4.69) is 9.97 Å². The molecule has 0 N–H and O–H groups in total. The summed E-state index contributed by atoms with van der Waals surface area (Å²) < 4.78 is 1.91. The van der Waals surface area contributed by atoms with Gasteiger partial charge in [-0.1, -0.05) is 0 Å². The third-order valence-electron chi connectivity index (χ3n) is 3.78. The molecule has 0 saturated heterocycles. The molecule has 3 heterocycles. The largest absolute Gasteiger partial charge is 0.325 e. The molecule has 2 aromatic rings. The Balaban J connectivity index is 2.01. The van der Waals surface area contributed by atoms with E-state index in [1.165, 1.54) is 6.20 Å². The summed E-state index contributed by atoms with van der Waals surface area (Å²) in [5.74, 6) is 0.496. The molecule has 0 spiro atoms. The van der Waals surface area contributed by atoms with Gasteiger partial charge in [0.25, 0.3) is 0 Å². The van der Waals surface area contributed by atoms with E-state index in [0.29, 0.717) is 11.3 Å². The second-order valence-corrected chi connectivity index (χ2v) is 4.89. The summed E-state index contributed by atoms with van der Waals surface area (Å²) >= 11 is 0. The quantitative estimate of drug-likeness (QED) is 0.607. The van der Waals surface area contributed by atoms with Gasteiger partial charge in [-0.3, -0.25) is 14.6 Å². The molecular weight excluding hydrogens is 242 g/mol. The van der Waals surface area contributed by atoms with Crippen molar-refractivity contribution in [3.05, 3.63) is 46.8 Å². The lowest BCUT2D eigenvalue weighted by Gasteiger charge is -2.18. The van der Waals surface area contributed by atoms with E-state index in [1.54, 1.807) is 12.1 Å². The Morgan fingerprint density at radius 2 is 2.00 bits per heavy atom. The molecule has 4 rings (SSSR count). The van der Waals surface area contributed by atoms with E-state index in [9.17, 15) is 9.59 Å². The Bertz CT molecular complexity index is 730. The molecule has 0 radical (unpaired) electrons. The lowest BCUT2D eigenvalue weighted by molar-refractivity contribution is 0.0967. The van der Waals surface area contributed by atoms with Crippen molar-refractivity contribution in [2.24, 2.45) is 0 Å². The van der Waals surface area contributed by atoms with Crippen LogP contribution in [0.1, 0.15) is 50.9 Å². The molecule has 0 fully saturated rings. The molecule has 1 aliphatic heterocycles. The summed E-state index contributed by atoms with van der Waals surface area (Å²) in [5, 5.41) is 0. The molecule has 1 aliphatic carbocycles. The number of fused-ring (bicyclic) bond motifs is 4. The van der Waals surface area contributed by atoms with E-state index >= 15 is 0 Å². The predicted molar refractivity (Wildman–Crippen MR) is 66.3 cm³/mol. The fraction of sp³-hybridized carbons (Fsp3) is 0.286. The van der Waals surface area contributed by atoms with Crippen LogP contribution in [0.15, 0.2) is 18.3 Å². The third-order valence-corrected chi connectivity index (χ3v) is 3.78. The minimum absolute atomic E-state index is 0.127. The van der Waals surface area contributed by atoms with Gasteiger partial charge in [0.15, 0.2) is 0 Å². The van der Waals surface area contributed by atoms with Crippen molar-refractivity contribution in [1.29, 1.82) is 0 Å². The number of hydrogen-bond donors (Lipinski definition) is 0. The molecule has 5 heteroatoms. The minimum atomic E-state index is -0.230. The van der Waals surface area contributed by atoms with E-state index in [0.717, 1.165) is 31.6 Å². The van der Waals surface area contributed by atoms with Gasteiger partial charge in [0.1, 0.15) is 22.9 Å². The Morgan fingerprint density at radius 3 is 2.89 bits per heavy atom.